The van der Waals surface area contributed by atoms with Crippen LogP contribution in [0.5, 0.6) is 0 Å². The second-order valence-electron chi connectivity index (χ2n) is 7.22. The molecule has 2 unspecified atom stereocenters. The summed E-state index contributed by atoms with van der Waals surface area (Å²) in [5.41, 5.74) is 5.46. The molecule has 2 aliphatic rings. The van der Waals surface area contributed by atoms with E-state index >= 15 is 0 Å². The highest BCUT2D eigenvalue weighted by Gasteiger charge is 2.54. The number of anilines is 1. The molecule has 37 heavy (non-hydrogen) atoms. The summed E-state index contributed by atoms with van der Waals surface area (Å²) in [5.74, 6) is -3.86. The average Bonchev–Trinajstić information content (AvgIpc) is 3.47. The Morgan fingerprint density at radius 3 is 2.81 bits per heavy atom. The van der Waals surface area contributed by atoms with E-state index in [1.165, 1.54) is 33.6 Å². The van der Waals surface area contributed by atoms with Crippen molar-refractivity contribution >= 4 is 69.5 Å². The molecule has 2 atom stereocenters. The van der Waals surface area contributed by atoms with E-state index in [4.69, 9.17) is 10.8 Å². The average molecular weight is 568 g/mol. The fraction of sp³-hybridized carbons (Fsp3) is 0.278. The standard InChI is InChI=1S/C18H17N9O7S3/c1-26-18(22-24-25-26)35-3-2-7-5-36-15-11(14(31)27(15)12(7)16(32)33)21-13(30)10(23-34-4-9(28)29)8-6-37-17(19)20-8/h2-3,6,11,15H,4-5H2,1H3,(H2,19,20)(H,21,30)(H,28,29)(H,32,33)/b3-2+,23-10+. The van der Waals surface area contributed by atoms with Gasteiger partial charge in [0.1, 0.15) is 22.8 Å². The Hall–Kier alpha value is -3.97. The van der Waals surface area contributed by atoms with Gasteiger partial charge in [-0.05, 0) is 27.5 Å². The van der Waals surface area contributed by atoms with Gasteiger partial charge in [-0.2, -0.15) is 0 Å². The van der Waals surface area contributed by atoms with Gasteiger partial charge in [0.05, 0.1) is 0 Å². The number of allylic oxidation sites excluding steroid dienone is 1. The monoisotopic (exact) mass is 567 g/mol. The van der Waals surface area contributed by atoms with E-state index in [0.717, 1.165) is 16.2 Å². The predicted molar refractivity (Wildman–Crippen MR) is 130 cm³/mol. The maximum atomic E-state index is 12.9. The van der Waals surface area contributed by atoms with Crippen molar-refractivity contribution in [3.05, 3.63) is 33.8 Å². The molecule has 0 bridgehead atoms. The summed E-state index contributed by atoms with van der Waals surface area (Å²) < 4.78 is 1.45. The Bertz CT molecular complexity index is 1350. The van der Waals surface area contributed by atoms with Crippen LogP contribution in [0.15, 0.2) is 38.4 Å². The molecule has 2 aromatic heterocycles. The van der Waals surface area contributed by atoms with Crippen LogP contribution in [0, 0.1) is 0 Å². The lowest BCUT2D eigenvalue weighted by Gasteiger charge is -2.49. The third-order valence-electron chi connectivity index (χ3n) is 4.83. The Kier molecular flexibility index (Phi) is 7.74. The number of β-lactam (4-membered cyclic amide) rings is 1. The number of tetrazole rings is 1. The lowest BCUT2D eigenvalue weighted by Crippen LogP contribution is -2.71. The summed E-state index contributed by atoms with van der Waals surface area (Å²) in [4.78, 5) is 58.3. The lowest BCUT2D eigenvalue weighted by molar-refractivity contribution is -0.150. The van der Waals surface area contributed by atoms with E-state index in [2.05, 4.69) is 35.8 Å². The number of aliphatic carboxylic acids is 2. The number of aromatic nitrogens is 5. The zero-order chi connectivity index (χ0) is 26.7. The van der Waals surface area contributed by atoms with Gasteiger partial charge in [-0.1, -0.05) is 16.9 Å². The number of thiazole rings is 1. The van der Waals surface area contributed by atoms with Crippen molar-refractivity contribution in [2.75, 3.05) is 18.1 Å². The van der Waals surface area contributed by atoms with Crippen molar-refractivity contribution < 1.29 is 34.2 Å². The van der Waals surface area contributed by atoms with E-state index in [1.807, 2.05) is 0 Å². The van der Waals surface area contributed by atoms with Crippen LogP contribution in [0.1, 0.15) is 5.69 Å². The number of nitrogen functional groups attached to an aromatic ring is 1. The van der Waals surface area contributed by atoms with Crippen molar-refractivity contribution in [1.29, 1.82) is 0 Å². The van der Waals surface area contributed by atoms with Crippen LogP contribution in [0.4, 0.5) is 5.13 Å². The number of nitrogens with one attached hydrogen (secondary N) is 1. The number of carboxylic acid groups (broad SMARTS) is 2. The summed E-state index contributed by atoms with van der Waals surface area (Å²) in [7, 11) is 1.66. The van der Waals surface area contributed by atoms with Crippen LogP contribution in [-0.4, -0.2) is 93.5 Å². The molecule has 2 aliphatic heterocycles. The van der Waals surface area contributed by atoms with E-state index in [9.17, 15) is 24.3 Å². The molecule has 2 aromatic rings. The molecule has 1 fully saturated rings. The summed E-state index contributed by atoms with van der Waals surface area (Å²) in [6, 6.07) is -1.06. The highest BCUT2D eigenvalue weighted by molar-refractivity contribution is 8.02. The maximum absolute atomic E-state index is 12.9. The normalized spacial score (nSPS) is 19.5. The number of hydrogen-bond acceptors (Lipinski definition) is 14. The van der Waals surface area contributed by atoms with Crippen molar-refractivity contribution in [3.63, 3.8) is 0 Å². The van der Waals surface area contributed by atoms with E-state index < -0.39 is 41.8 Å². The minimum atomic E-state index is -1.31. The number of rotatable bonds is 10. The van der Waals surface area contributed by atoms with Crippen molar-refractivity contribution in [3.8, 4) is 0 Å². The summed E-state index contributed by atoms with van der Waals surface area (Å²) in [5, 5.41) is 38.6. The molecule has 194 valence electrons. The molecule has 0 spiro atoms. The Labute approximate surface area is 219 Å². The van der Waals surface area contributed by atoms with Gasteiger partial charge >= 0.3 is 11.9 Å². The zero-order valence-corrected chi connectivity index (χ0v) is 21.1. The summed E-state index contributed by atoms with van der Waals surface area (Å²) in [6.45, 7) is -0.806. The second kappa shape index (κ2) is 11.0. The molecule has 0 saturated carbocycles. The van der Waals surface area contributed by atoms with Crippen LogP contribution in [0.25, 0.3) is 0 Å². The van der Waals surface area contributed by atoms with Gasteiger partial charge in [0.15, 0.2) is 10.8 Å². The molecule has 1 saturated heterocycles. The van der Waals surface area contributed by atoms with Crippen LogP contribution in [0.3, 0.4) is 0 Å². The SMILES string of the molecule is Cn1nnnc1S/C=C/C1=C(C(=O)O)N2C(=O)C(NC(=O)/C(=N/OCC(=O)O)c3csc(N)n3)C2SC1. The molecule has 2 amide bonds. The fourth-order valence-electron chi connectivity index (χ4n) is 3.23. The van der Waals surface area contributed by atoms with Gasteiger partial charge < -0.3 is 26.1 Å². The predicted octanol–water partition coefficient (Wildman–Crippen LogP) is -0.901. The number of carbonyl (C=O) groups is 4. The first kappa shape index (κ1) is 26.1. The lowest BCUT2D eigenvalue weighted by atomic mass is 10.0. The highest BCUT2D eigenvalue weighted by atomic mass is 32.2. The first-order valence-corrected chi connectivity index (χ1v) is 12.9. The first-order valence-electron chi connectivity index (χ1n) is 10.1. The molecule has 0 radical (unpaired) electrons. The fourth-order valence-corrected chi connectivity index (χ4v) is 5.72. The van der Waals surface area contributed by atoms with Gasteiger partial charge in [-0.15, -0.1) is 28.2 Å². The largest absolute Gasteiger partial charge is 0.479 e. The number of nitrogens with two attached hydrogens (primary N) is 1. The van der Waals surface area contributed by atoms with Crippen LogP contribution < -0.4 is 11.1 Å². The number of carbonyl (C=O) groups excluding carboxylic acids is 2. The van der Waals surface area contributed by atoms with Gasteiger partial charge in [0.2, 0.25) is 11.8 Å². The molecular weight excluding hydrogens is 550 g/mol. The Morgan fingerprint density at radius 1 is 1.41 bits per heavy atom. The number of hydrogen-bond donors (Lipinski definition) is 4. The van der Waals surface area contributed by atoms with Crippen LogP contribution >= 0.6 is 34.9 Å². The molecular formula is C18H17N9O7S3. The number of thioether (sulfide) groups is 2. The smallest absolute Gasteiger partial charge is 0.352 e. The quantitative estimate of drug-likeness (QED) is 0.118. The molecule has 5 N–H and O–H groups in total. The minimum Gasteiger partial charge on any atom is -0.479 e. The number of amides is 2. The minimum absolute atomic E-state index is 0.0273. The van der Waals surface area contributed by atoms with E-state index in [0.29, 0.717) is 10.7 Å². The molecule has 4 heterocycles. The van der Waals surface area contributed by atoms with Crippen molar-refractivity contribution in [2.24, 2.45) is 12.2 Å². The summed E-state index contributed by atoms with van der Waals surface area (Å²) in [6.07, 6.45) is 1.57. The first-order chi connectivity index (χ1) is 17.7. The Balaban J connectivity index is 1.49. The van der Waals surface area contributed by atoms with Gasteiger partial charge in [-0.3, -0.25) is 14.5 Å². The van der Waals surface area contributed by atoms with Gasteiger partial charge in [0, 0.05) is 18.2 Å². The van der Waals surface area contributed by atoms with Gasteiger partial charge in [-0.25, -0.2) is 19.3 Å². The topological polar surface area (TPSA) is 228 Å². The van der Waals surface area contributed by atoms with Crippen LogP contribution in [-0.2, 0) is 31.1 Å². The molecule has 0 aliphatic carbocycles. The Morgan fingerprint density at radius 2 is 2.19 bits per heavy atom. The van der Waals surface area contributed by atoms with E-state index in [-0.39, 0.29) is 28.0 Å². The molecule has 16 nitrogen and oxygen atoms in total. The van der Waals surface area contributed by atoms with Gasteiger partial charge in [0.25, 0.3) is 11.8 Å². The number of carboxylic acids is 2. The summed E-state index contributed by atoms with van der Waals surface area (Å²) >= 11 is 3.46. The highest BCUT2D eigenvalue weighted by Crippen LogP contribution is 2.41. The maximum Gasteiger partial charge on any atom is 0.352 e. The van der Waals surface area contributed by atoms with Crippen LogP contribution in [0.2, 0.25) is 0 Å². The molecule has 0 aromatic carbocycles. The van der Waals surface area contributed by atoms with Crippen molar-refractivity contribution in [1.82, 2.24) is 35.4 Å². The third kappa shape index (κ3) is 5.57. The number of oxime groups is 1. The van der Waals surface area contributed by atoms with Crippen molar-refractivity contribution in [2.45, 2.75) is 16.6 Å². The molecule has 4 rings (SSSR count). The zero-order valence-electron chi connectivity index (χ0n) is 18.7. The third-order valence-corrected chi connectivity index (χ3v) is 7.64. The number of nitrogens with zero attached hydrogens (tertiary/aromatic N) is 7. The van der Waals surface area contributed by atoms with E-state index in [1.54, 1.807) is 18.5 Å². The second-order valence-corrected chi connectivity index (χ2v) is 10.1. The number of fused-ring (bicyclic) bond motifs is 1. The number of aryl methyl sites for hydroxylation is 1. The molecule has 19 heteroatoms.